The van der Waals surface area contributed by atoms with Gasteiger partial charge in [0, 0.05) is 10.1 Å². The molecule has 64 valence electrons. The van der Waals surface area contributed by atoms with E-state index in [2.05, 4.69) is 27.9 Å². The Hall–Kier alpha value is -0.290. The van der Waals surface area contributed by atoms with Crippen LogP contribution in [0.3, 0.4) is 0 Å². The molecular weight excluding hydrogens is 265 g/mol. The lowest BCUT2D eigenvalue weighted by atomic mass is 10.0. The van der Waals surface area contributed by atoms with Gasteiger partial charge in [-0.25, -0.2) is 0 Å². The SMILES string of the molecule is Oc1cc(I)c2c(c1)CNCC2. The minimum absolute atomic E-state index is 0.377. The second-order valence-electron chi connectivity index (χ2n) is 2.99. The second-order valence-corrected chi connectivity index (χ2v) is 4.15. The maximum absolute atomic E-state index is 9.34. The van der Waals surface area contributed by atoms with Gasteiger partial charge in [0.25, 0.3) is 0 Å². The number of phenolic OH excluding ortho intramolecular Hbond substituents is 1. The number of phenols is 1. The Morgan fingerprint density at radius 1 is 1.42 bits per heavy atom. The summed E-state index contributed by atoms with van der Waals surface area (Å²) in [5.41, 5.74) is 2.64. The molecule has 2 nitrogen and oxygen atoms in total. The van der Waals surface area contributed by atoms with Crippen LogP contribution in [0.4, 0.5) is 0 Å². The van der Waals surface area contributed by atoms with Gasteiger partial charge in [-0.1, -0.05) is 0 Å². The van der Waals surface area contributed by atoms with E-state index in [0.717, 1.165) is 19.5 Å². The van der Waals surface area contributed by atoms with Crippen LogP contribution in [-0.2, 0) is 13.0 Å². The van der Waals surface area contributed by atoms with Crippen molar-refractivity contribution in [3.8, 4) is 5.75 Å². The first kappa shape index (κ1) is 8.31. The van der Waals surface area contributed by atoms with E-state index in [1.807, 2.05) is 12.1 Å². The third kappa shape index (κ3) is 1.43. The quantitative estimate of drug-likeness (QED) is 0.705. The molecule has 1 aromatic carbocycles. The van der Waals surface area contributed by atoms with E-state index in [1.165, 1.54) is 14.7 Å². The average Bonchev–Trinajstić information content (AvgIpc) is 2.04. The first-order valence-electron chi connectivity index (χ1n) is 3.98. The van der Waals surface area contributed by atoms with Gasteiger partial charge in [-0.05, 0) is 58.8 Å². The summed E-state index contributed by atoms with van der Waals surface area (Å²) in [6.07, 6.45) is 1.08. The maximum Gasteiger partial charge on any atom is 0.116 e. The number of fused-ring (bicyclic) bond motifs is 1. The van der Waals surface area contributed by atoms with E-state index >= 15 is 0 Å². The molecule has 0 bridgehead atoms. The highest BCUT2D eigenvalue weighted by Gasteiger charge is 2.12. The highest BCUT2D eigenvalue weighted by molar-refractivity contribution is 14.1. The molecule has 0 fully saturated rings. The number of halogens is 1. The number of aromatic hydroxyl groups is 1. The Balaban J connectivity index is 2.53. The van der Waals surface area contributed by atoms with Crippen molar-refractivity contribution in [3.05, 3.63) is 26.8 Å². The summed E-state index contributed by atoms with van der Waals surface area (Å²) < 4.78 is 1.18. The normalized spacial score (nSPS) is 15.8. The van der Waals surface area contributed by atoms with Gasteiger partial charge in [0.05, 0.1) is 0 Å². The zero-order valence-corrected chi connectivity index (χ0v) is 8.76. The number of rotatable bonds is 0. The van der Waals surface area contributed by atoms with Crippen LogP contribution >= 0.6 is 22.6 Å². The molecule has 0 atom stereocenters. The lowest BCUT2D eigenvalue weighted by molar-refractivity contribution is 0.472. The number of benzene rings is 1. The molecule has 0 saturated carbocycles. The highest BCUT2D eigenvalue weighted by Crippen LogP contribution is 2.25. The van der Waals surface area contributed by atoms with Gasteiger partial charge >= 0.3 is 0 Å². The Morgan fingerprint density at radius 3 is 3.08 bits per heavy atom. The highest BCUT2D eigenvalue weighted by atomic mass is 127. The molecule has 12 heavy (non-hydrogen) atoms. The van der Waals surface area contributed by atoms with Crippen LogP contribution in [-0.4, -0.2) is 11.7 Å². The van der Waals surface area contributed by atoms with Crippen LogP contribution in [0.1, 0.15) is 11.1 Å². The molecule has 2 rings (SSSR count). The standard InChI is InChI=1S/C9H10INO/c10-9-4-7(12)3-6-5-11-2-1-8(6)9/h3-4,11-12H,1-2,5H2. The predicted octanol–water partition coefficient (Wildman–Crippen LogP) is 1.64. The minimum atomic E-state index is 0.377. The average molecular weight is 275 g/mol. The monoisotopic (exact) mass is 275 g/mol. The third-order valence-corrected chi connectivity index (χ3v) is 3.10. The summed E-state index contributed by atoms with van der Waals surface area (Å²) in [4.78, 5) is 0. The van der Waals surface area contributed by atoms with Gasteiger partial charge in [-0.15, -0.1) is 0 Å². The molecule has 1 aliphatic rings. The lowest BCUT2D eigenvalue weighted by Gasteiger charge is -2.18. The number of hydrogen-bond acceptors (Lipinski definition) is 2. The smallest absolute Gasteiger partial charge is 0.116 e. The van der Waals surface area contributed by atoms with Gasteiger partial charge in [0.2, 0.25) is 0 Å². The van der Waals surface area contributed by atoms with Crippen molar-refractivity contribution in [3.63, 3.8) is 0 Å². The van der Waals surface area contributed by atoms with E-state index in [0.29, 0.717) is 5.75 Å². The van der Waals surface area contributed by atoms with Gasteiger partial charge in [0.1, 0.15) is 5.75 Å². The zero-order valence-electron chi connectivity index (χ0n) is 6.60. The minimum Gasteiger partial charge on any atom is -0.508 e. The molecule has 0 unspecified atom stereocenters. The van der Waals surface area contributed by atoms with Crippen molar-refractivity contribution < 1.29 is 5.11 Å². The molecule has 0 saturated heterocycles. The molecule has 1 aromatic rings. The number of hydrogen-bond donors (Lipinski definition) is 2. The summed E-state index contributed by atoms with van der Waals surface area (Å²) in [5.74, 6) is 0.377. The van der Waals surface area contributed by atoms with Crippen molar-refractivity contribution >= 4 is 22.6 Å². The Kier molecular flexibility index (Phi) is 2.23. The molecule has 1 aliphatic heterocycles. The predicted molar refractivity (Wildman–Crippen MR) is 56.2 cm³/mol. The molecule has 2 N–H and O–H groups in total. The fraction of sp³-hybridized carbons (Fsp3) is 0.333. The summed E-state index contributed by atoms with van der Waals surface area (Å²) in [7, 11) is 0. The van der Waals surface area contributed by atoms with Crippen LogP contribution in [0.2, 0.25) is 0 Å². The van der Waals surface area contributed by atoms with E-state index in [4.69, 9.17) is 0 Å². The summed E-state index contributed by atoms with van der Waals surface area (Å²) >= 11 is 2.28. The molecule has 3 heteroatoms. The maximum atomic E-state index is 9.34. The van der Waals surface area contributed by atoms with Crippen LogP contribution < -0.4 is 5.32 Å². The molecule has 0 aliphatic carbocycles. The van der Waals surface area contributed by atoms with Crippen molar-refractivity contribution in [1.29, 1.82) is 0 Å². The number of nitrogens with one attached hydrogen (secondary N) is 1. The van der Waals surface area contributed by atoms with Crippen LogP contribution in [0.15, 0.2) is 12.1 Å². The zero-order chi connectivity index (χ0) is 8.55. The van der Waals surface area contributed by atoms with Gasteiger partial charge in [-0.3, -0.25) is 0 Å². The molecule has 0 spiro atoms. The fourth-order valence-corrected chi connectivity index (χ4v) is 2.49. The van der Waals surface area contributed by atoms with E-state index in [1.54, 1.807) is 0 Å². The van der Waals surface area contributed by atoms with Crippen molar-refractivity contribution in [2.75, 3.05) is 6.54 Å². The first-order chi connectivity index (χ1) is 5.77. The fourth-order valence-electron chi connectivity index (χ4n) is 1.55. The van der Waals surface area contributed by atoms with Gasteiger partial charge < -0.3 is 10.4 Å². The summed E-state index contributed by atoms with van der Waals surface area (Å²) in [5, 5.41) is 12.6. The summed E-state index contributed by atoms with van der Waals surface area (Å²) in [6.45, 7) is 1.94. The van der Waals surface area contributed by atoms with Gasteiger partial charge in [-0.2, -0.15) is 0 Å². The summed E-state index contributed by atoms with van der Waals surface area (Å²) in [6, 6.07) is 3.67. The Bertz CT molecular complexity index is 312. The van der Waals surface area contributed by atoms with E-state index in [9.17, 15) is 5.11 Å². The van der Waals surface area contributed by atoms with Crippen molar-refractivity contribution in [2.24, 2.45) is 0 Å². The van der Waals surface area contributed by atoms with Crippen LogP contribution in [0, 0.1) is 3.57 Å². The Labute approximate surface area is 85.1 Å². The van der Waals surface area contributed by atoms with E-state index in [-0.39, 0.29) is 0 Å². The molecule has 0 radical (unpaired) electrons. The molecule has 1 heterocycles. The van der Waals surface area contributed by atoms with Crippen LogP contribution in [0.5, 0.6) is 5.75 Å². The molecule has 0 amide bonds. The third-order valence-electron chi connectivity index (χ3n) is 2.14. The second kappa shape index (κ2) is 3.22. The van der Waals surface area contributed by atoms with Crippen LogP contribution in [0.25, 0.3) is 0 Å². The topological polar surface area (TPSA) is 32.3 Å². The van der Waals surface area contributed by atoms with Crippen molar-refractivity contribution in [1.82, 2.24) is 5.32 Å². The Morgan fingerprint density at radius 2 is 2.25 bits per heavy atom. The lowest BCUT2D eigenvalue weighted by Crippen LogP contribution is -2.24. The van der Waals surface area contributed by atoms with Gasteiger partial charge in [0.15, 0.2) is 0 Å². The molecular formula is C9H10INO. The van der Waals surface area contributed by atoms with E-state index < -0.39 is 0 Å². The van der Waals surface area contributed by atoms with Crippen molar-refractivity contribution in [2.45, 2.75) is 13.0 Å². The molecule has 0 aromatic heterocycles. The largest absolute Gasteiger partial charge is 0.508 e. The first-order valence-corrected chi connectivity index (χ1v) is 5.06.